The molecule has 1 atom stereocenters. The van der Waals surface area contributed by atoms with Gasteiger partial charge >= 0.3 is 0 Å². The summed E-state index contributed by atoms with van der Waals surface area (Å²) in [6.07, 6.45) is 0. The molecule has 1 aliphatic rings. The molecule has 0 radical (unpaired) electrons. The van der Waals surface area contributed by atoms with Gasteiger partial charge in [0.2, 0.25) is 0 Å². The number of halogens is 1. The Morgan fingerprint density at radius 3 is 3.07 bits per heavy atom. The monoisotopic (exact) mass is 227 g/mol. The molecule has 0 bridgehead atoms. The molecule has 1 aliphatic heterocycles. The molecule has 1 heterocycles. The predicted molar refractivity (Wildman–Crippen MR) is 59.3 cm³/mol. The van der Waals surface area contributed by atoms with Gasteiger partial charge in [-0.3, -0.25) is 5.32 Å². The van der Waals surface area contributed by atoms with Crippen LogP contribution in [0.2, 0.25) is 5.02 Å². The van der Waals surface area contributed by atoms with Crippen LogP contribution in [-0.2, 0) is 4.74 Å². The molecule has 2 rings (SSSR count). The van der Waals surface area contributed by atoms with E-state index in [9.17, 15) is 0 Å². The number of nitrogens with one attached hydrogen (secondary N) is 1. The summed E-state index contributed by atoms with van der Waals surface area (Å²) in [5, 5.41) is 3.95. The van der Waals surface area contributed by atoms with E-state index in [0.717, 1.165) is 18.9 Å². The fraction of sp³-hybridized carbons (Fsp3) is 0.455. The molecule has 3 nitrogen and oxygen atoms in total. The minimum Gasteiger partial charge on any atom is -0.471 e. The van der Waals surface area contributed by atoms with E-state index in [1.165, 1.54) is 0 Å². The normalized spacial score (nSPS) is 26.3. The predicted octanol–water partition coefficient (Wildman–Crippen LogP) is 2.05. The first-order chi connectivity index (χ1) is 7.18. The molecule has 0 aliphatic carbocycles. The third kappa shape index (κ3) is 2.84. The Labute approximate surface area is 94.3 Å². The van der Waals surface area contributed by atoms with Crippen molar-refractivity contribution >= 4 is 11.6 Å². The number of morpholine rings is 1. The van der Waals surface area contributed by atoms with Crippen molar-refractivity contribution in [1.82, 2.24) is 5.32 Å². The van der Waals surface area contributed by atoms with Crippen LogP contribution < -0.4 is 10.1 Å². The van der Waals surface area contributed by atoms with Crippen LogP contribution >= 0.6 is 11.6 Å². The quantitative estimate of drug-likeness (QED) is 0.839. The van der Waals surface area contributed by atoms with Crippen molar-refractivity contribution in [3.8, 4) is 5.75 Å². The van der Waals surface area contributed by atoms with Crippen LogP contribution in [0.4, 0.5) is 0 Å². The standard InChI is InChI=1S/C11H14ClNO2/c1-11(8-14-6-5-13-11)15-10-4-2-3-9(12)7-10/h2-4,7,13H,5-6,8H2,1H3. The molecule has 82 valence electrons. The van der Waals surface area contributed by atoms with Crippen molar-refractivity contribution in [2.24, 2.45) is 0 Å². The molecule has 0 spiro atoms. The third-order valence-electron chi connectivity index (χ3n) is 2.26. The molecule has 0 amide bonds. The van der Waals surface area contributed by atoms with Crippen LogP contribution in [0.1, 0.15) is 6.92 Å². The summed E-state index contributed by atoms with van der Waals surface area (Å²) in [7, 11) is 0. The van der Waals surface area contributed by atoms with E-state index < -0.39 is 5.72 Å². The second kappa shape index (κ2) is 4.39. The summed E-state index contributed by atoms with van der Waals surface area (Å²) in [6, 6.07) is 7.36. The summed E-state index contributed by atoms with van der Waals surface area (Å²) in [4.78, 5) is 0. The number of hydrogen-bond acceptors (Lipinski definition) is 3. The molecule has 4 heteroatoms. The SMILES string of the molecule is CC1(Oc2cccc(Cl)c2)COCCN1. The Morgan fingerprint density at radius 1 is 1.53 bits per heavy atom. The van der Waals surface area contributed by atoms with Gasteiger partial charge in [-0.25, -0.2) is 0 Å². The maximum absolute atomic E-state index is 5.88. The van der Waals surface area contributed by atoms with Gasteiger partial charge in [-0.05, 0) is 25.1 Å². The molecule has 15 heavy (non-hydrogen) atoms. The van der Waals surface area contributed by atoms with E-state index in [1.54, 1.807) is 6.07 Å². The Morgan fingerprint density at radius 2 is 2.40 bits per heavy atom. The average molecular weight is 228 g/mol. The van der Waals surface area contributed by atoms with Crippen molar-refractivity contribution in [2.45, 2.75) is 12.6 Å². The lowest BCUT2D eigenvalue weighted by Crippen LogP contribution is -2.56. The van der Waals surface area contributed by atoms with Crippen LogP contribution in [0.3, 0.4) is 0 Å². The number of hydrogen-bond donors (Lipinski definition) is 1. The molecule has 1 aromatic rings. The maximum atomic E-state index is 5.88. The number of rotatable bonds is 2. The van der Waals surface area contributed by atoms with Crippen LogP contribution in [0.5, 0.6) is 5.75 Å². The second-order valence-corrected chi connectivity index (χ2v) is 4.21. The highest BCUT2D eigenvalue weighted by atomic mass is 35.5. The number of benzene rings is 1. The summed E-state index contributed by atoms with van der Waals surface area (Å²) in [6.45, 7) is 4.04. The minimum absolute atomic E-state index is 0.455. The molecular weight excluding hydrogens is 214 g/mol. The topological polar surface area (TPSA) is 30.5 Å². The highest BCUT2D eigenvalue weighted by Gasteiger charge is 2.29. The smallest absolute Gasteiger partial charge is 0.181 e. The Hall–Kier alpha value is -0.770. The highest BCUT2D eigenvalue weighted by Crippen LogP contribution is 2.22. The van der Waals surface area contributed by atoms with Crippen molar-refractivity contribution < 1.29 is 9.47 Å². The molecule has 1 N–H and O–H groups in total. The summed E-state index contributed by atoms with van der Waals surface area (Å²) < 4.78 is 11.2. The fourth-order valence-electron chi connectivity index (χ4n) is 1.56. The van der Waals surface area contributed by atoms with E-state index in [1.807, 2.05) is 25.1 Å². The van der Waals surface area contributed by atoms with Gasteiger partial charge in [0, 0.05) is 11.6 Å². The average Bonchev–Trinajstić information content (AvgIpc) is 2.18. The molecule has 1 fully saturated rings. The zero-order valence-corrected chi connectivity index (χ0v) is 9.38. The molecule has 1 unspecified atom stereocenters. The summed E-state index contributed by atoms with van der Waals surface area (Å²) >= 11 is 5.88. The lowest BCUT2D eigenvalue weighted by atomic mass is 10.2. The van der Waals surface area contributed by atoms with Gasteiger partial charge in [0.05, 0.1) is 6.61 Å². The largest absolute Gasteiger partial charge is 0.471 e. The van der Waals surface area contributed by atoms with Crippen molar-refractivity contribution in [3.63, 3.8) is 0 Å². The van der Waals surface area contributed by atoms with Crippen LogP contribution in [0.25, 0.3) is 0 Å². The van der Waals surface area contributed by atoms with Crippen LogP contribution in [0, 0.1) is 0 Å². The summed E-state index contributed by atoms with van der Waals surface area (Å²) in [5.74, 6) is 0.753. The van der Waals surface area contributed by atoms with Crippen molar-refractivity contribution in [1.29, 1.82) is 0 Å². The van der Waals surface area contributed by atoms with E-state index in [-0.39, 0.29) is 0 Å². The minimum atomic E-state index is -0.455. The Bertz CT molecular complexity index is 337. The molecular formula is C11H14ClNO2. The van der Waals surface area contributed by atoms with Crippen molar-refractivity contribution in [3.05, 3.63) is 29.3 Å². The van der Waals surface area contributed by atoms with Gasteiger partial charge in [-0.15, -0.1) is 0 Å². The highest BCUT2D eigenvalue weighted by molar-refractivity contribution is 6.30. The molecule has 0 saturated carbocycles. The Balaban J connectivity index is 2.06. The first-order valence-corrected chi connectivity index (χ1v) is 5.33. The van der Waals surface area contributed by atoms with Gasteiger partial charge < -0.3 is 9.47 Å². The first-order valence-electron chi connectivity index (χ1n) is 4.95. The van der Waals surface area contributed by atoms with E-state index in [2.05, 4.69) is 5.32 Å². The van der Waals surface area contributed by atoms with Gasteiger partial charge in [-0.2, -0.15) is 0 Å². The van der Waals surface area contributed by atoms with E-state index in [0.29, 0.717) is 11.6 Å². The number of ether oxygens (including phenoxy) is 2. The van der Waals surface area contributed by atoms with E-state index >= 15 is 0 Å². The lowest BCUT2D eigenvalue weighted by molar-refractivity contribution is -0.0701. The third-order valence-corrected chi connectivity index (χ3v) is 2.50. The molecule has 1 aromatic carbocycles. The van der Waals surface area contributed by atoms with Crippen LogP contribution in [0.15, 0.2) is 24.3 Å². The van der Waals surface area contributed by atoms with Gasteiger partial charge in [0.1, 0.15) is 12.4 Å². The van der Waals surface area contributed by atoms with E-state index in [4.69, 9.17) is 21.1 Å². The van der Waals surface area contributed by atoms with Gasteiger partial charge in [0.25, 0.3) is 0 Å². The van der Waals surface area contributed by atoms with Gasteiger partial charge in [-0.1, -0.05) is 17.7 Å². The zero-order valence-electron chi connectivity index (χ0n) is 8.63. The lowest BCUT2D eigenvalue weighted by Gasteiger charge is -2.35. The molecule has 1 saturated heterocycles. The second-order valence-electron chi connectivity index (χ2n) is 3.77. The maximum Gasteiger partial charge on any atom is 0.181 e. The first kappa shape index (κ1) is 10.7. The molecule has 0 aromatic heterocycles. The Kier molecular flexibility index (Phi) is 3.14. The van der Waals surface area contributed by atoms with Gasteiger partial charge in [0.15, 0.2) is 5.72 Å². The van der Waals surface area contributed by atoms with Crippen LogP contribution in [-0.4, -0.2) is 25.5 Å². The summed E-state index contributed by atoms with van der Waals surface area (Å²) in [5.41, 5.74) is -0.455. The van der Waals surface area contributed by atoms with Crippen molar-refractivity contribution in [2.75, 3.05) is 19.8 Å². The fourth-order valence-corrected chi connectivity index (χ4v) is 1.74. The zero-order chi connectivity index (χ0) is 10.7.